The highest BCUT2D eigenvalue weighted by molar-refractivity contribution is 7.51. The van der Waals surface area contributed by atoms with Gasteiger partial charge in [0.1, 0.15) is 0 Å². The highest BCUT2D eigenvalue weighted by Gasteiger charge is 2.94. The van der Waals surface area contributed by atoms with Gasteiger partial charge in [0.25, 0.3) is 5.79 Å². The molecule has 5 rings (SSSR count). The Morgan fingerprint density at radius 2 is 1.68 bits per heavy atom. The van der Waals surface area contributed by atoms with Crippen molar-refractivity contribution in [2.24, 2.45) is 0 Å². The highest BCUT2D eigenvalue weighted by Crippen LogP contribution is 2.81. The lowest BCUT2D eigenvalue weighted by Gasteiger charge is -2.45. The number of rotatable bonds is 1. The molecule has 0 aliphatic carbocycles. The van der Waals surface area contributed by atoms with Crippen LogP contribution in [-0.4, -0.2) is 44.9 Å². The fraction of sp³-hybridized carbons (Fsp3) is 0.800. The van der Waals surface area contributed by atoms with Crippen molar-refractivity contribution in [3.8, 4) is 0 Å². The minimum absolute atomic E-state index is 1.50. The summed E-state index contributed by atoms with van der Waals surface area (Å²) in [5, 5.41) is 29.5. The van der Waals surface area contributed by atoms with Gasteiger partial charge in [-0.1, -0.05) is 0 Å². The lowest BCUT2D eigenvalue weighted by molar-refractivity contribution is -0.429. The summed E-state index contributed by atoms with van der Waals surface area (Å²) in [6.07, 6.45) is -2.33. The van der Waals surface area contributed by atoms with E-state index in [0.717, 1.165) is 0 Å². The van der Waals surface area contributed by atoms with Gasteiger partial charge < -0.3 is 19.8 Å². The third-order valence-electron chi connectivity index (χ3n) is 2.93. The highest BCUT2D eigenvalue weighted by atomic mass is 31.2. The Balaban J connectivity index is 1.87. The van der Waals surface area contributed by atoms with Gasteiger partial charge in [-0.25, -0.2) is 32.0 Å². The van der Waals surface area contributed by atoms with Crippen LogP contribution in [0.3, 0.4) is 0 Å². The number of aliphatic hydroxyl groups excluding tert-OH is 1. The molecule has 5 fully saturated rings. The molecule has 5 saturated heterocycles. The van der Waals surface area contributed by atoms with Gasteiger partial charge in [-0.2, -0.15) is 0 Å². The molecule has 12 nitrogen and oxygen atoms in total. The zero-order valence-corrected chi connectivity index (χ0v) is 10.3. The van der Waals surface area contributed by atoms with Crippen molar-refractivity contribution in [1.29, 1.82) is 0 Å². The van der Waals surface area contributed by atoms with E-state index in [4.69, 9.17) is 0 Å². The second-order valence-electron chi connectivity index (χ2n) is 4.05. The summed E-state index contributed by atoms with van der Waals surface area (Å²) < 4.78 is 49.2. The first-order valence-electron chi connectivity index (χ1n) is 4.67. The second-order valence-corrected chi connectivity index (χ2v) is 6.97. The van der Waals surface area contributed by atoms with Crippen LogP contribution in [0.4, 0.5) is 0 Å². The summed E-state index contributed by atoms with van der Waals surface area (Å²) in [4.78, 5) is 11.5. The first-order valence-corrected chi connectivity index (χ1v) is 7.59. The van der Waals surface area contributed by atoms with Crippen molar-refractivity contribution in [1.82, 2.24) is 0 Å². The maximum Gasteiger partial charge on any atom is 0.538 e. The third-order valence-corrected chi connectivity index (χ3v) is 5.73. The van der Waals surface area contributed by atoms with Crippen LogP contribution >= 0.6 is 15.6 Å². The normalized spacial score (nSPS) is 66.1. The van der Waals surface area contributed by atoms with Crippen LogP contribution < -0.4 is 0 Å². The molecule has 0 radical (unpaired) electrons. The van der Waals surface area contributed by atoms with Gasteiger partial charge in [0.15, 0.2) is 0 Å². The molecule has 4 atom stereocenters. The Morgan fingerprint density at radius 3 is 2.11 bits per heavy atom. The summed E-state index contributed by atoms with van der Waals surface area (Å²) in [6.45, 7) is 0. The molecule has 5 aliphatic heterocycles. The molecule has 5 heterocycles. The summed E-state index contributed by atoms with van der Waals surface area (Å²) in [7, 11) is -8.72. The van der Waals surface area contributed by atoms with Gasteiger partial charge in [0.05, 0.1) is 0 Å². The lowest BCUT2D eigenvalue weighted by atomic mass is 9.96. The number of phosphoric acid groups is 2. The van der Waals surface area contributed by atoms with E-state index in [9.17, 15) is 29.2 Å². The Kier molecular flexibility index (Phi) is 1.83. The van der Waals surface area contributed by atoms with Gasteiger partial charge in [-0.3, -0.25) is 4.52 Å². The molecule has 5 aliphatic rings. The maximum atomic E-state index is 11.7. The van der Waals surface area contributed by atoms with Gasteiger partial charge in [0.2, 0.25) is 6.29 Å². The molecule has 0 aromatic heterocycles. The third kappa shape index (κ3) is 1.06. The van der Waals surface area contributed by atoms with E-state index in [2.05, 4.69) is 27.1 Å². The van der Waals surface area contributed by atoms with E-state index < -0.39 is 45.3 Å². The number of hydrogen-bond donors (Lipinski definition) is 3. The average Bonchev–Trinajstić information content (AvgIpc) is 2.75. The number of carbonyl (C=O) groups is 1. The maximum absolute atomic E-state index is 11.7. The van der Waals surface area contributed by atoms with E-state index in [1.807, 2.05) is 0 Å². The molecule has 0 amide bonds. The smallest absolute Gasteiger partial charge is 0.366 e. The van der Waals surface area contributed by atoms with Gasteiger partial charge in [0, 0.05) is 0 Å². The second kappa shape index (κ2) is 2.81. The molecule has 0 aromatic rings. The lowest BCUT2D eigenvalue weighted by Crippen LogP contribution is -2.74. The zero-order valence-electron chi connectivity index (χ0n) is 8.49. The predicted octanol–water partition coefficient (Wildman–Crippen LogP) is -1.72. The van der Waals surface area contributed by atoms with Gasteiger partial charge in [-0.05, 0) is 0 Å². The van der Waals surface area contributed by atoms with Crippen LogP contribution in [0.25, 0.3) is 0 Å². The van der Waals surface area contributed by atoms with Gasteiger partial charge >= 0.3 is 33.2 Å². The minimum Gasteiger partial charge on any atom is -0.366 e. The zero-order chi connectivity index (χ0) is 13.9. The molecule has 0 saturated carbocycles. The van der Waals surface area contributed by atoms with Crippen molar-refractivity contribution in [3.63, 3.8) is 0 Å². The molecule has 4 unspecified atom stereocenters. The number of carbonyl (C=O) groups excluding carboxylic acids is 1. The first-order chi connectivity index (χ1) is 8.58. The Bertz CT molecular complexity index is 603. The SMILES string of the molecule is O=C1OP2(=O)OC1(C1(O)OP3(=O)OC(O)C1(O)O3)O2. The molecule has 19 heavy (non-hydrogen) atoms. The number of fused-ring (bicyclic) bond motifs is 3. The molecule has 0 spiro atoms. The quantitative estimate of drug-likeness (QED) is 0.468. The van der Waals surface area contributed by atoms with Crippen molar-refractivity contribution in [2.45, 2.75) is 23.7 Å². The van der Waals surface area contributed by atoms with E-state index in [0.29, 0.717) is 0 Å². The molecule has 0 aromatic carbocycles. The van der Waals surface area contributed by atoms with Crippen molar-refractivity contribution in [3.05, 3.63) is 0 Å². The van der Waals surface area contributed by atoms with Crippen LogP contribution in [0.2, 0.25) is 0 Å². The summed E-state index contributed by atoms with van der Waals surface area (Å²) in [6, 6.07) is 0. The van der Waals surface area contributed by atoms with Crippen LogP contribution in [0.1, 0.15) is 0 Å². The molecule has 14 heteroatoms. The van der Waals surface area contributed by atoms with Crippen LogP contribution in [-0.2, 0) is 41.1 Å². The van der Waals surface area contributed by atoms with Crippen molar-refractivity contribution >= 4 is 21.6 Å². The average molecular weight is 318 g/mol. The van der Waals surface area contributed by atoms with E-state index in [-0.39, 0.29) is 0 Å². The number of hydrogen-bond acceptors (Lipinski definition) is 12. The Labute approximate surface area is 103 Å². The summed E-state index contributed by atoms with van der Waals surface area (Å²) >= 11 is 0. The largest absolute Gasteiger partial charge is 0.538 e. The van der Waals surface area contributed by atoms with E-state index >= 15 is 0 Å². The van der Waals surface area contributed by atoms with Gasteiger partial charge in [-0.15, -0.1) is 0 Å². The molecule has 4 bridgehead atoms. The predicted molar refractivity (Wildman–Crippen MR) is 45.4 cm³/mol. The molecular weight excluding hydrogens is 314 g/mol. The number of aliphatic hydroxyl groups is 3. The van der Waals surface area contributed by atoms with Crippen LogP contribution in [0.15, 0.2) is 0 Å². The number of phosphoric ester groups is 2. The topological polar surface area (TPSA) is 167 Å². The fourth-order valence-electron chi connectivity index (χ4n) is 2.08. The Morgan fingerprint density at radius 1 is 1.05 bits per heavy atom. The monoisotopic (exact) mass is 318 g/mol. The van der Waals surface area contributed by atoms with E-state index in [1.54, 1.807) is 0 Å². The molecule has 3 N–H and O–H groups in total. The van der Waals surface area contributed by atoms with Crippen LogP contribution in [0, 0.1) is 0 Å². The molecule has 106 valence electrons. The van der Waals surface area contributed by atoms with E-state index in [1.165, 1.54) is 0 Å². The summed E-state index contributed by atoms with van der Waals surface area (Å²) in [5.41, 5.74) is 0. The first kappa shape index (κ1) is 12.4. The van der Waals surface area contributed by atoms with Crippen molar-refractivity contribution < 1.29 is 56.4 Å². The Hall–Kier alpha value is -0.390. The standard InChI is InChI=1S/C5H4O12P2/c6-1-3(8)5(9,17-18(10,12-1)14-3)4-2(7)13-19(11,15-4)16-4/h1,6,8-9H. The van der Waals surface area contributed by atoms with Crippen molar-refractivity contribution in [2.75, 3.05) is 0 Å². The summed E-state index contributed by atoms with van der Waals surface area (Å²) in [5.74, 6) is -10.8. The molecular formula is C5H4O12P2. The minimum atomic E-state index is -4.55. The fourth-order valence-corrected chi connectivity index (χ4v) is 5.16. The van der Waals surface area contributed by atoms with Crippen LogP contribution in [0.5, 0.6) is 0 Å².